The third-order valence-corrected chi connectivity index (χ3v) is 2.10. The molecule has 2 aromatic rings. The summed E-state index contributed by atoms with van der Waals surface area (Å²) in [4.78, 5) is 0. The van der Waals surface area contributed by atoms with Crippen molar-refractivity contribution >= 4 is 10.8 Å². The third kappa shape index (κ3) is 1.08. The van der Waals surface area contributed by atoms with E-state index in [1.54, 1.807) is 4.57 Å². The number of nitrogens with two attached hydrogens (primary N) is 1. The summed E-state index contributed by atoms with van der Waals surface area (Å²) in [5, 5.41) is 10.9. The van der Waals surface area contributed by atoms with Gasteiger partial charge in [-0.15, -0.1) is 0 Å². The van der Waals surface area contributed by atoms with Gasteiger partial charge >= 0.3 is 0 Å². The van der Waals surface area contributed by atoms with E-state index in [1.165, 1.54) is 0 Å². The van der Waals surface area contributed by atoms with Crippen LogP contribution in [0.3, 0.4) is 0 Å². The van der Waals surface area contributed by atoms with E-state index in [-0.39, 0.29) is 0 Å². The fourth-order valence-corrected chi connectivity index (χ4v) is 1.48. The molecular weight excluding hydrogens is 162 g/mol. The maximum atomic E-state index is 8.91. The van der Waals surface area contributed by atoms with Gasteiger partial charge in [0.05, 0.1) is 6.67 Å². The lowest BCUT2D eigenvalue weighted by Gasteiger charge is -1.96. The second-order valence-electron chi connectivity index (χ2n) is 2.83. The highest BCUT2D eigenvalue weighted by Crippen LogP contribution is 2.19. The predicted octanol–water partition coefficient (Wildman–Crippen LogP) is 1.43. The minimum atomic E-state index is 0.345. The molecule has 1 aromatic heterocycles. The zero-order valence-corrected chi connectivity index (χ0v) is 7.07. The van der Waals surface area contributed by atoms with Crippen molar-refractivity contribution in [1.29, 1.82) is 5.26 Å². The van der Waals surface area contributed by atoms with Gasteiger partial charge in [0.2, 0.25) is 0 Å². The van der Waals surface area contributed by atoms with Gasteiger partial charge in [0.1, 0.15) is 11.8 Å². The maximum absolute atomic E-state index is 8.91. The molecule has 2 N–H and O–H groups in total. The zero-order chi connectivity index (χ0) is 9.26. The van der Waals surface area contributed by atoms with Crippen molar-refractivity contribution in [1.82, 2.24) is 4.57 Å². The molecular formula is C10H9N3. The number of nitriles is 1. The fourth-order valence-electron chi connectivity index (χ4n) is 1.48. The molecule has 0 atom stereocenters. The standard InChI is InChI=1S/C10H9N3/c11-5-10-9-4-2-1-3-8(9)6-13(10)7-12/h1-4,6H,7,12H2. The lowest BCUT2D eigenvalue weighted by atomic mass is 10.2. The average Bonchev–Trinajstić information content (AvgIpc) is 2.55. The molecule has 0 amide bonds. The molecule has 1 heterocycles. The van der Waals surface area contributed by atoms with E-state index in [2.05, 4.69) is 6.07 Å². The van der Waals surface area contributed by atoms with Crippen LogP contribution >= 0.6 is 0 Å². The molecule has 0 fully saturated rings. The largest absolute Gasteiger partial charge is 0.325 e. The van der Waals surface area contributed by atoms with E-state index in [1.807, 2.05) is 30.5 Å². The van der Waals surface area contributed by atoms with Gasteiger partial charge in [0.25, 0.3) is 0 Å². The Morgan fingerprint density at radius 3 is 2.85 bits per heavy atom. The van der Waals surface area contributed by atoms with Crippen LogP contribution in [0.25, 0.3) is 10.8 Å². The monoisotopic (exact) mass is 171 g/mol. The summed E-state index contributed by atoms with van der Waals surface area (Å²) in [7, 11) is 0. The zero-order valence-electron chi connectivity index (χ0n) is 7.07. The molecule has 0 aliphatic rings. The van der Waals surface area contributed by atoms with Crippen molar-refractivity contribution in [2.45, 2.75) is 6.67 Å². The molecule has 13 heavy (non-hydrogen) atoms. The smallest absolute Gasteiger partial charge is 0.129 e. The van der Waals surface area contributed by atoms with Crippen LogP contribution in [0.5, 0.6) is 0 Å². The van der Waals surface area contributed by atoms with Gasteiger partial charge in [0, 0.05) is 17.0 Å². The maximum Gasteiger partial charge on any atom is 0.129 e. The van der Waals surface area contributed by atoms with E-state index in [0.717, 1.165) is 10.8 Å². The normalized spacial score (nSPS) is 10.2. The van der Waals surface area contributed by atoms with Crippen molar-refractivity contribution in [3.63, 3.8) is 0 Å². The van der Waals surface area contributed by atoms with Crippen LogP contribution < -0.4 is 5.73 Å². The lowest BCUT2D eigenvalue weighted by molar-refractivity contribution is 0.732. The minimum Gasteiger partial charge on any atom is -0.325 e. The second-order valence-corrected chi connectivity index (χ2v) is 2.83. The quantitative estimate of drug-likeness (QED) is 0.705. The lowest BCUT2D eigenvalue weighted by Crippen LogP contribution is -2.07. The molecule has 0 aliphatic heterocycles. The number of hydrogen-bond acceptors (Lipinski definition) is 2. The van der Waals surface area contributed by atoms with E-state index in [9.17, 15) is 0 Å². The molecule has 1 aromatic carbocycles. The summed E-state index contributed by atoms with van der Waals surface area (Å²) >= 11 is 0. The summed E-state index contributed by atoms with van der Waals surface area (Å²) in [6.07, 6.45) is 1.90. The number of fused-ring (bicyclic) bond motifs is 1. The topological polar surface area (TPSA) is 54.7 Å². The Morgan fingerprint density at radius 2 is 2.15 bits per heavy atom. The van der Waals surface area contributed by atoms with Crippen molar-refractivity contribution in [2.75, 3.05) is 0 Å². The number of aromatic nitrogens is 1. The summed E-state index contributed by atoms with van der Waals surface area (Å²) in [6.45, 7) is 0.345. The van der Waals surface area contributed by atoms with E-state index in [0.29, 0.717) is 12.4 Å². The minimum absolute atomic E-state index is 0.345. The highest BCUT2D eigenvalue weighted by atomic mass is 15.0. The number of nitrogens with zero attached hydrogens (tertiary/aromatic N) is 2. The van der Waals surface area contributed by atoms with Crippen LogP contribution in [0.15, 0.2) is 30.5 Å². The van der Waals surface area contributed by atoms with Gasteiger partial charge in [-0.05, 0) is 0 Å². The first-order chi connectivity index (χ1) is 6.36. The van der Waals surface area contributed by atoms with Crippen molar-refractivity contribution in [3.05, 3.63) is 36.2 Å². The Hall–Kier alpha value is -1.79. The number of hydrogen-bond donors (Lipinski definition) is 1. The summed E-state index contributed by atoms with van der Waals surface area (Å²) in [5.41, 5.74) is 6.14. The van der Waals surface area contributed by atoms with Crippen LogP contribution in [0, 0.1) is 11.3 Å². The van der Waals surface area contributed by atoms with E-state index < -0.39 is 0 Å². The second kappa shape index (κ2) is 2.92. The Labute approximate surface area is 76.0 Å². The highest BCUT2D eigenvalue weighted by Gasteiger charge is 2.05. The van der Waals surface area contributed by atoms with Gasteiger partial charge in [-0.25, -0.2) is 0 Å². The average molecular weight is 171 g/mol. The molecule has 0 bridgehead atoms. The van der Waals surface area contributed by atoms with Crippen molar-refractivity contribution < 1.29 is 0 Å². The van der Waals surface area contributed by atoms with Gasteiger partial charge in [-0.3, -0.25) is 0 Å². The summed E-state index contributed by atoms with van der Waals surface area (Å²) in [6, 6.07) is 9.93. The molecule has 0 saturated heterocycles. The highest BCUT2D eigenvalue weighted by molar-refractivity contribution is 5.87. The first-order valence-electron chi connectivity index (χ1n) is 4.05. The molecule has 64 valence electrons. The number of benzene rings is 1. The molecule has 0 radical (unpaired) electrons. The Bertz CT molecular complexity index is 476. The third-order valence-electron chi connectivity index (χ3n) is 2.10. The Kier molecular flexibility index (Phi) is 1.76. The number of rotatable bonds is 1. The van der Waals surface area contributed by atoms with Crippen LogP contribution in [0.2, 0.25) is 0 Å². The molecule has 0 saturated carbocycles. The summed E-state index contributed by atoms with van der Waals surface area (Å²) < 4.78 is 1.75. The van der Waals surface area contributed by atoms with Crippen LogP contribution in [0.1, 0.15) is 5.69 Å². The van der Waals surface area contributed by atoms with Crippen LogP contribution in [-0.4, -0.2) is 4.57 Å². The molecule has 0 aliphatic carbocycles. The van der Waals surface area contributed by atoms with Crippen molar-refractivity contribution in [2.24, 2.45) is 5.73 Å². The molecule has 0 unspecified atom stereocenters. The first-order valence-corrected chi connectivity index (χ1v) is 4.05. The Balaban J connectivity index is 2.83. The SMILES string of the molecule is N#Cc1c2ccccc2cn1CN. The van der Waals surface area contributed by atoms with Crippen LogP contribution in [-0.2, 0) is 6.67 Å². The van der Waals surface area contributed by atoms with Crippen molar-refractivity contribution in [3.8, 4) is 6.07 Å². The first kappa shape index (κ1) is 7.84. The van der Waals surface area contributed by atoms with E-state index in [4.69, 9.17) is 11.0 Å². The Morgan fingerprint density at radius 1 is 1.38 bits per heavy atom. The molecule has 2 rings (SSSR count). The van der Waals surface area contributed by atoms with E-state index >= 15 is 0 Å². The molecule has 0 spiro atoms. The summed E-state index contributed by atoms with van der Waals surface area (Å²) in [5.74, 6) is 0. The van der Waals surface area contributed by atoms with Gasteiger partial charge in [-0.2, -0.15) is 5.26 Å². The van der Waals surface area contributed by atoms with Gasteiger partial charge in [0.15, 0.2) is 0 Å². The molecule has 3 heteroatoms. The van der Waals surface area contributed by atoms with Crippen LogP contribution in [0.4, 0.5) is 0 Å². The fraction of sp³-hybridized carbons (Fsp3) is 0.100. The predicted molar refractivity (Wildman–Crippen MR) is 50.8 cm³/mol. The molecule has 3 nitrogen and oxygen atoms in total. The van der Waals surface area contributed by atoms with Gasteiger partial charge in [-0.1, -0.05) is 24.3 Å². The van der Waals surface area contributed by atoms with Gasteiger partial charge < -0.3 is 10.3 Å².